The summed E-state index contributed by atoms with van der Waals surface area (Å²) in [5.41, 5.74) is 0. The summed E-state index contributed by atoms with van der Waals surface area (Å²) in [6.07, 6.45) is 0. The molecule has 0 nitrogen and oxygen atoms in total. The molecule has 0 saturated carbocycles. The van der Waals surface area contributed by atoms with E-state index >= 15 is 0 Å². The Labute approximate surface area is 78.6 Å². The monoisotopic (exact) mass is 239 g/mol. The molecule has 0 aromatic heterocycles. The van der Waals surface area contributed by atoms with E-state index in [1.165, 1.54) is 0 Å². The van der Waals surface area contributed by atoms with Crippen molar-refractivity contribution in [2.75, 3.05) is 0 Å². The van der Waals surface area contributed by atoms with Crippen molar-refractivity contribution >= 4 is 53.7 Å². The molecule has 0 bridgehead atoms. The fraction of sp³-hybridized carbons (Fsp3) is 1.00. The van der Waals surface area contributed by atoms with E-state index in [-0.39, 0.29) is 37.2 Å². The zero-order valence-electron chi connectivity index (χ0n) is 5.22. The number of rotatable bonds is 0. The maximum atomic E-state index is 2.19. The minimum atomic E-state index is 0. The molecule has 0 saturated heterocycles. The van der Waals surface area contributed by atoms with Crippen molar-refractivity contribution in [3.8, 4) is 0 Å². The first kappa shape index (κ1) is 22.7. The summed E-state index contributed by atoms with van der Waals surface area (Å²) in [6, 6.07) is 0. The van der Waals surface area contributed by atoms with E-state index in [0.717, 1.165) is 0 Å². The van der Waals surface area contributed by atoms with E-state index in [1.54, 1.807) is 0 Å². The number of hydrogen-bond donors (Lipinski definition) is 0. The molecule has 53 valence electrons. The SMILES string of the molecule is C[C](C)(C)[Ge].Cl.Cl.Cl. The molecule has 0 fully saturated rings. The van der Waals surface area contributed by atoms with Gasteiger partial charge >= 0.3 is 41.5 Å². The van der Waals surface area contributed by atoms with Crippen LogP contribution in [0, 0.1) is 0 Å². The summed E-state index contributed by atoms with van der Waals surface area (Å²) in [5.74, 6) is 0. The van der Waals surface area contributed by atoms with Crippen LogP contribution in [0.4, 0.5) is 0 Å². The second kappa shape index (κ2) is 8.41. The van der Waals surface area contributed by atoms with Crippen LogP contribution in [-0.4, -0.2) is 16.5 Å². The number of hydrogen-bond acceptors (Lipinski definition) is 0. The molecule has 3 radical (unpaired) electrons. The van der Waals surface area contributed by atoms with Crippen LogP contribution in [0.5, 0.6) is 0 Å². The minimum Gasteiger partial charge on any atom is -0.147 e. The maximum absolute atomic E-state index is 2.19. The molecule has 0 aliphatic carbocycles. The molecular formula is C4H12Cl3Ge. The smallest absolute Gasteiger partial charge is 0.147 e. The third-order valence-corrected chi connectivity index (χ3v) is 0. The quantitative estimate of drug-likeness (QED) is 0.570. The van der Waals surface area contributed by atoms with Crippen molar-refractivity contribution < 1.29 is 0 Å². The third-order valence-electron chi connectivity index (χ3n) is 0. The van der Waals surface area contributed by atoms with E-state index in [1.807, 2.05) is 0 Å². The average Bonchev–Trinajstić information content (AvgIpc) is 0.722. The van der Waals surface area contributed by atoms with Crippen LogP contribution in [0.3, 0.4) is 0 Å². The van der Waals surface area contributed by atoms with Gasteiger partial charge in [0.05, 0.1) is 0 Å². The zero-order chi connectivity index (χ0) is 4.50. The molecular weight excluding hydrogens is 227 g/mol. The van der Waals surface area contributed by atoms with Crippen LogP contribution in [0.2, 0.25) is 4.25 Å². The summed E-state index contributed by atoms with van der Waals surface area (Å²) >= 11 is 2.19. The van der Waals surface area contributed by atoms with Crippen molar-refractivity contribution in [2.45, 2.75) is 25.0 Å². The van der Waals surface area contributed by atoms with E-state index < -0.39 is 0 Å². The van der Waals surface area contributed by atoms with E-state index in [2.05, 4.69) is 37.3 Å². The van der Waals surface area contributed by atoms with Gasteiger partial charge < -0.3 is 0 Å². The van der Waals surface area contributed by atoms with Crippen LogP contribution in [0.25, 0.3) is 0 Å². The van der Waals surface area contributed by atoms with Crippen LogP contribution in [0.1, 0.15) is 20.8 Å². The van der Waals surface area contributed by atoms with Gasteiger partial charge in [-0.05, 0) is 0 Å². The van der Waals surface area contributed by atoms with Gasteiger partial charge in [-0.3, -0.25) is 0 Å². The van der Waals surface area contributed by atoms with Gasteiger partial charge in [0, 0.05) is 0 Å². The Bertz CT molecular complexity index is 26.8. The average molecular weight is 239 g/mol. The Hall–Kier alpha value is 1.41. The van der Waals surface area contributed by atoms with E-state index in [0.29, 0.717) is 4.25 Å². The topological polar surface area (TPSA) is 0 Å². The van der Waals surface area contributed by atoms with Gasteiger partial charge in [-0.15, -0.1) is 37.2 Å². The first-order valence-electron chi connectivity index (χ1n) is 1.75. The van der Waals surface area contributed by atoms with Crippen LogP contribution >= 0.6 is 37.2 Å². The molecule has 0 aliphatic rings. The molecule has 0 amide bonds. The van der Waals surface area contributed by atoms with Crippen LogP contribution < -0.4 is 0 Å². The van der Waals surface area contributed by atoms with Crippen molar-refractivity contribution in [3.63, 3.8) is 0 Å². The van der Waals surface area contributed by atoms with Gasteiger partial charge in [-0.2, -0.15) is 0 Å². The Morgan fingerprint density at radius 1 is 0.875 bits per heavy atom. The minimum absolute atomic E-state index is 0. The molecule has 0 aromatic rings. The third kappa shape index (κ3) is 153. The van der Waals surface area contributed by atoms with E-state index in [4.69, 9.17) is 0 Å². The molecule has 0 unspecified atom stereocenters. The summed E-state index contributed by atoms with van der Waals surface area (Å²) < 4.78 is 0.500. The molecule has 0 N–H and O–H groups in total. The second-order valence-corrected chi connectivity index (χ2v) is 5.40. The summed E-state index contributed by atoms with van der Waals surface area (Å²) in [4.78, 5) is 0. The molecule has 0 heterocycles. The first-order chi connectivity index (χ1) is 2.00. The molecule has 0 spiro atoms. The van der Waals surface area contributed by atoms with Crippen molar-refractivity contribution in [1.29, 1.82) is 0 Å². The molecule has 0 atom stereocenters. The molecule has 0 aromatic carbocycles. The Morgan fingerprint density at radius 2 is 0.875 bits per heavy atom. The fourth-order valence-electron chi connectivity index (χ4n) is 0. The predicted molar refractivity (Wildman–Crippen MR) is 47.2 cm³/mol. The maximum Gasteiger partial charge on any atom is -0.147 e. The largest absolute Gasteiger partial charge is 0.147 e. The van der Waals surface area contributed by atoms with Gasteiger partial charge in [0.25, 0.3) is 0 Å². The molecule has 0 aliphatic heterocycles. The Balaban J connectivity index is -0.0000000267. The van der Waals surface area contributed by atoms with Crippen LogP contribution in [-0.2, 0) is 0 Å². The standard InChI is InChI=1S/C4H9Ge.3ClH/c1-4(2,3)5;;;/h1-3H3;3*1H. The molecule has 4 heteroatoms. The van der Waals surface area contributed by atoms with Gasteiger partial charge in [-0.25, -0.2) is 0 Å². The van der Waals surface area contributed by atoms with Crippen molar-refractivity contribution in [2.24, 2.45) is 0 Å². The number of halogens is 3. The zero-order valence-corrected chi connectivity index (χ0v) is 9.77. The summed E-state index contributed by atoms with van der Waals surface area (Å²) in [6.45, 7) is 6.56. The molecule has 8 heavy (non-hydrogen) atoms. The second-order valence-electron chi connectivity index (χ2n) is 2.25. The van der Waals surface area contributed by atoms with E-state index in [9.17, 15) is 0 Å². The van der Waals surface area contributed by atoms with Crippen molar-refractivity contribution in [1.82, 2.24) is 0 Å². The summed E-state index contributed by atoms with van der Waals surface area (Å²) in [5, 5.41) is 0. The van der Waals surface area contributed by atoms with Gasteiger partial charge in [0.2, 0.25) is 0 Å². The normalized spacial score (nSPS) is 7.50. The molecule has 0 rings (SSSR count). The fourth-order valence-corrected chi connectivity index (χ4v) is 0. The van der Waals surface area contributed by atoms with Crippen molar-refractivity contribution in [3.05, 3.63) is 0 Å². The van der Waals surface area contributed by atoms with Crippen LogP contribution in [0.15, 0.2) is 0 Å². The van der Waals surface area contributed by atoms with Gasteiger partial charge in [0.1, 0.15) is 0 Å². The Kier molecular flexibility index (Phi) is 23.9. The van der Waals surface area contributed by atoms with Gasteiger partial charge in [-0.1, -0.05) is 0 Å². The van der Waals surface area contributed by atoms with Gasteiger partial charge in [0.15, 0.2) is 0 Å². The first-order valence-corrected chi connectivity index (χ1v) is 2.80. The summed E-state index contributed by atoms with van der Waals surface area (Å²) in [7, 11) is 0. The predicted octanol–water partition coefficient (Wildman–Crippen LogP) is 2.64. The Morgan fingerprint density at radius 3 is 0.875 bits per heavy atom.